The molecule has 1 saturated heterocycles. The Balaban J connectivity index is 1.68. The number of fused-ring (bicyclic) bond motifs is 1. The van der Waals surface area contributed by atoms with Crippen LogP contribution in [0.5, 0.6) is 0 Å². The summed E-state index contributed by atoms with van der Waals surface area (Å²) in [5.74, 6) is -0.723. The van der Waals surface area contributed by atoms with Gasteiger partial charge in [0.05, 0.1) is 22.6 Å². The molecule has 0 spiro atoms. The van der Waals surface area contributed by atoms with Crippen molar-refractivity contribution in [1.29, 1.82) is 0 Å². The molecule has 1 aromatic rings. The highest BCUT2D eigenvalue weighted by molar-refractivity contribution is 7.91. The number of nitrogens with zero attached hydrogens (tertiary/aromatic N) is 2. The van der Waals surface area contributed by atoms with Crippen LogP contribution in [-0.4, -0.2) is 66.6 Å². The monoisotopic (exact) mass is 392 g/mol. The van der Waals surface area contributed by atoms with Crippen LogP contribution in [0, 0.1) is 5.92 Å². The molecule has 0 aliphatic carbocycles. The number of carbonyl (C=O) groups excluding carboxylic acids is 3. The maximum atomic E-state index is 12.8. The molecule has 0 N–H and O–H groups in total. The molecule has 0 unspecified atom stereocenters. The van der Waals surface area contributed by atoms with Crippen molar-refractivity contribution in [3.8, 4) is 0 Å². The highest BCUT2D eigenvalue weighted by atomic mass is 32.2. The van der Waals surface area contributed by atoms with Crippen molar-refractivity contribution in [3.05, 3.63) is 35.4 Å². The van der Waals surface area contributed by atoms with E-state index in [-0.39, 0.29) is 54.2 Å². The Morgan fingerprint density at radius 2 is 1.78 bits per heavy atom. The van der Waals surface area contributed by atoms with E-state index in [1.807, 2.05) is 13.8 Å². The first-order valence-electron chi connectivity index (χ1n) is 9.14. The number of benzene rings is 1. The summed E-state index contributed by atoms with van der Waals surface area (Å²) in [6.07, 6.45) is 0.433. The number of carbonyl (C=O) groups is 3. The van der Waals surface area contributed by atoms with Crippen LogP contribution in [0.3, 0.4) is 0 Å². The van der Waals surface area contributed by atoms with E-state index in [0.717, 1.165) is 4.90 Å². The highest BCUT2D eigenvalue weighted by Crippen LogP contribution is 2.24. The molecular weight excluding hydrogens is 368 g/mol. The first kappa shape index (κ1) is 19.5. The van der Waals surface area contributed by atoms with Crippen LogP contribution < -0.4 is 0 Å². The van der Waals surface area contributed by atoms with Gasteiger partial charge < -0.3 is 4.90 Å². The molecule has 3 rings (SSSR count). The zero-order chi connectivity index (χ0) is 19.8. The fourth-order valence-corrected chi connectivity index (χ4v) is 5.39. The standard InChI is InChI=1S/C19H24N2O5S/c1-13(2)11-21(14-8-10-27(25,26)12-14)17(22)7-9-20-18(23)15-5-3-4-6-16(15)19(20)24/h3-6,13-14H,7-12H2,1-2H3/t14-/m0/s1. The van der Waals surface area contributed by atoms with Crippen LogP contribution in [0.4, 0.5) is 0 Å². The van der Waals surface area contributed by atoms with Gasteiger partial charge in [-0.05, 0) is 24.5 Å². The minimum atomic E-state index is -3.11. The lowest BCUT2D eigenvalue weighted by atomic mass is 10.1. The van der Waals surface area contributed by atoms with E-state index in [4.69, 9.17) is 0 Å². The molecule has 27 heavy (non-hydrogen) atoms. The first-order chi connectivity index (χ1) is 12.7. The van der Waals surface area contributed by atoms with Crippen LogP contribution in [0.2, 0.25) is 0 Å². The first-order valence-corrected chi connectivity index (χ1v) is 11.0. The lowest BCUT2D eigenvalue weighted by Gasteiger charge is -2.30. The van der Waals surface area contributed by atoms with Crippen molar-refractivity contribution >= 4 is 27.6 Å². The average Bonchev–Trinajstić information content (AvgIpc) is 3.09. The molecule has 8 heteroatoms. The molecule has 146 valence electrons. The fraction of sp³-hybridized carbons (Fsp3) is 0.526. The Bertz CT molecular complexity index is 843. The number of imide groups is 1. The van der Waals surface area contributed by atoms with E-state index in [0.29, 0.717) is 24.1 Å². The van der Waals surface area contributed by atoms with Crippen molar-refractivity contribution in [2.45, 2.75) is 32.7 Å². The maximum absolute atomic E-state index is 12.8. The van der Waals surface area contributed by atoms with Gasteiger partial charge in [-0.15, -0.1) is 0 Å². The van der Waals surface area contributed by atoms with Crippen LogP contribution >= 0.6 is 0 Å². The van der Waals surface area contributed by atoms with Gasteiger partial charge in [0.2, 0.25) is 5.91 Å². The van der Waals surface area contributed by atoms with Crippen LogP contribution in [0.1, 0.15) is 47.4 Å². The maximum Gasteiger partial charge on any atom is 0.261 e. The van der Waals surface area contributed by atoms with Gasteiger partial charge in [0.1, 0.15) is 0 Å². The number of amides is 3. The number of sulfone groups is 1. The van der Waals surface area contributed by atoms with E-state index in [9.17, 15) is 22.8 Å². The quantitative estimate of drug-likeness (QED) is 0.682. The molecule has 1 atom stereocenters. The Morgan fingerprint density at radius 3 is 2.26 bits per heavy atom. The predicted molar refractivity (Wildman–Crippen MR) is 100 cm³/mol. The van der Waals surface area contributed by atoms with Gasteiger partial charge in [-0.3, -0.25) is 19.3 Å². The normalized spacial score (nSPS) is 21.0. The van der Waals surface area contributed by atoms with Gasteiger partial charge in [-0.25, -0.2) is 8.42 Å². The van der Waals surface area contributed by atoms with E-state index < -0.39 is 9.84 Å². The summed E-state index contributed by atoms with van der Waals surface area (Å²) in [7, 11) is -3.11. The summed E-state index contributed by atoms with van der Waals surface area (Å²) in [6, 6.07) is 6.28. The van der Waals surface area contributed by atoms with Gasteiger partial charge >= 0.3 is 0 Å². The SMILES string of the molecule is CC(C)CN(C(=O)CCN1C(=O)c2ccccc2C1=O)[C@H]1CCS(=O)(=O)C1. The fourth-order valence-electron chi connectivity index (χ4n) is 3.66. The van der Waals surface area contributed by atoms with Crippen molar-refractivity contribution in [2.24, 2.45) is 5.92 Å². The molecule has 0 radical (unpaired) electrons. The predicted octanol–water partition coefficient (Wildman–Crippen LogP) is 1.34. The van der Waals surface area contributed by atoms with Crippen molar-refractivity contribution in [2.75, 3.05) is 24.6 Å². The second-order valence-corrected chi connectivity index (χ2v) is 9.78. The summed E-state index contributed by atoms with van der Waals surface area (Å²) in [4.78, 5) is 40.3. The summed E-state index contributed by atoms with van der Waals surface area (Å²) in [6.45, 7) is 4.39. The highest BCUT2D eigenvalue weighted by Gasteiger charge is 2.37. The minimum Gasteiger partial charge on any atom is -0.338 e. The van der Waals surface area contributed by atoms with Gasteiger partial charge in [0.25, 0.3) is 11.8 Å². The lowest BCUT2D eigenvalue weighted by molar-refractivity contribution is -0.133. The topological polar surface area (TPSA) is 91.8 Å². The molecule has 2 heterocycles. The van der Waals surface area contributed by atoms with Gasteiger partial charge in [0, 0.05) is 25.6 Å². The van der Waals surface area contributed by atoms with Gasteiger partial charge in [-0.2, -0.15) is 0 Å². The molecule has 1 aromatic carbocycles. The molecule has 1 fully saturated rings. The third-order valence-corrected chi connectivity index (χ3v) is 6.71. The molecule has 2 aliphatic rings. The Morgan fingerprint density at radius 1 is 1.19 bits per heavy atom. The van der Waals surface area contributed by atoms with Crippen molar-refractivity contribution in [3.63, 3.8) is 0 Å². The van der Waals surface area contributed by atoms with Crippen molar-refractivity contribution in [1.82, 2.24) is 9.80 Å². The second kappa shape index (κ2) is 7.42. The zero-order valence-electron chi connectivity index (χ0n) is 15.6. The average molecular weight is 392 g/mol. The summed E-state index contributed by atoms with van der Waals surface area (Å²) >= 11 is 0. The molecule has 7 nitrogen and oxygen atoms in total. The van der Waals surface area contributed by atoms with Crippen molar-refractivity contribution < 1.29 is 22.8 Å². The van der Waals surface area contributed by atoms with Crippen LogP contribution in [-0.2, 0) is 14.6 Å². The molecule has 0 bridgehead atoms. The summed E-state index contributed by atoms with van der Waals surface area (Å²) < 4.78 is 23.6. The Kier molecular flexibility index (Phi) is 5.37. The van der Waals surface area contributed by atoms with E-state index in [2.05, 4.69) is 0 Å². The molecule has 3 amide bonds. The second-order valence-electron chi connectivity index (χ2n) is 7.55. The molecule has 0 aromatic heterocycles. The van der Waals surface area contributed by atoms with E-state index in [1.165, 1.54) is 0 Å². The smallest absolute Gasteiger partial charge is 0.261 e. The molecule has 0 saturated carbocycles. The van der Waals surface area contributed by atoms with Gasteiger partial charge in [-0.1, -0.05) is 26.0 Å². The van der Waals surface area contributed by atoms with Crippen LogP contribution in [0.15, 0.2) is 24.3 Å². The zero-order valence-corrected chi connectivity index (χ0v) is 16.4. The van der Waals surface area contributed by atoms with E-state index in [1.54, 1.807) is 29.2 Å². The molecule has 2 aliphatic heterocycles. The van der Waals surface area contributed by atoms with Gasteiger partial charge in [0.15, 0.2) is 9.84 Å². The summed E-state index contributed by atoms with van der Waals surface area (Å²) in [5.41, 5.74) is 0.715. The number of hydrogen-bond acceptors (Lipinski definition) is 5. The lowest BCUT2D eigenvalue weighted by Crippen LogP contribution is -2.44. The Hall–Kier alpha value is -2.22. The van der Waals surface area contributed by atoms with E-state index >= 15 is 0 Å². The third-order valence-electron chi connectivity index (χ3n) is 4.96. The van der Waals surface area contributed by atoms with Crippen LogP contribution in [0.25, 0.3) is 0 Å². The third kappa shape index (κ3) is 4.05. The summed E-state index contributed by atoms with van der Waals surface area (Å²) in [5, 5.41) is 0. The Labute approximate surface area is 159 Å². The minimum absolute atomic E-state index is 0.000749. The number of hydrogen-bond donors (Lipinski definition) is 0. The largest absolute Gasteiger partial charge is 0.338 e. The molecular formula is C19H24N2O5S. The number of rotatable bonds is 6.